The largest absolute Gasteiger partial charge is 0.379 e. The Bertz CT molecular complexity index is 133. The summed E-state index contributed by atoms with van der Waals surface area (Å²) in [5.41, 5.74) is 6.86. The molecular formula is C8H15NO. The number of ether oxygens (including phenoxy) is 1. The van der Waals surface area contributed by atoms with E-state index in [0.29, 0.717) is 6.54 Å². The molecule has 0 radical (unpaired) electrons. The summed E-state index contributed by atoms with van der Waals surface area (Å²) >= 11 is 0. The van der Waals surface area contributed by atoms with E-state index in [0.717, 1.165) is 25.2 Å². The second kappa shape index (κ2) is 2.72. The van der Waals surface area contributed by atoms with Crippen molar-refractivity contribution < 1.29 is 4.74 Å². The van der Waals surface area contributed by atoms with Crippen molar-refractivity contribution >= 4 is 0 Å². The minimum atomic E-state index is 0.231. The minimum Gasteiger partial charge on any atom is -0.379 e. The van der Waals surface area contributed by atoms with Crippen LogP contribution in [-0.2, 0) is 4.74 Å². The third kappa shape index (κ3) is 0.976. The Morgan fingerprint density at radius 3 is 2.40 bits per heavy atom. The lowest BCUT2D eigenvalue weighted by Gasteiger charge is -2.42. The summed E-state index contributed by atoms with van der Waals surface area (Å²) in [7, 11) is 0. The highest BCUT2D eigenvalue weighted by molar-refractivity contribution is 5.14. The normalized spacial score (nSPS) is 21.8. The van der Waals surface area contributed by atoms with E-state index in [-0.39, 0.29) is 5.41 Å². The average Bonchev–Trinajstić information content (AvgIpc) is 1.86. The Hall–Kier alpha value is -0.340. The summed E-state index contributed by atoms with van der Waals surface area (Å²) < 4.78 is 5.14. The second-order valence-corrected chi connectivity index (χ2v) is 2.93. The van der Waals surface area contributed by atoms with Crippen molar-refractivity contribution in [1.82, 2.24) is 0 Å². The molecule has 1 fully saturated rings. The molecule has 0 aromatic carbocycles. The molecule has 1 aliphatic heterocycles. The molecule has 0 bridgehead atoms. The van der Waals surface area contributed by atoms with Crippen LogP contribution in [0.5, 0.6) is 0 Å². The molecular weight excluding hydrogens is 126 g/mol. The summed E-state index contributed by atoms with van der Waals surface area (Å²) in [6.45, 7) is 8.32. The highest BCUT2D eigenvalue weighted by Crippen LogP contribution is 2.37. The van der Waals surface area contributed by atoms with Gasteiger partial charge in [0.25, 0.3) is 0 Å². The molecule has 2 N–H and O–H groups in total. The molecule has 10 heavy (non-hydrogen) atoms. The second-order valence-electron chi connectivity index (χ2n) is 2.93. The van der Waals surface area contributed by atoms with Crippen molar-refractivity contribution in [1.29, 1.82) is 0 Å². The van der Waals surface area contributed by atoms with E-state index in [4.69, 9.17) is 10.5 Å². The zero-order valence-electron chi connectivity index (χ0n) is 6.52. The molecule has 0 saturated carbocycles. The maximum atomic E-state index is 5.49. The Kier molecular flexibility index (Phi) is 2.11. The lowest BCUT2D eigenvalue weighted by molar-refractivity contribution is -0.0910. The molecule has 58 valence electrons. The Balaban J connectivity index is 2.55. The van der Waals surface area contributed by atoms with E-state index in [2.05, 4.69) is 13.5 Å². The van der Waals surface area contributed by atoms with Crippen LogP contribution in [0, 0.1) is 5.41 Å². The van der Waals surface area contributed by atoms with Crippen LogP contribution in [-0.4, -0.2) is 19.8 Å². The SMILES string of the molecule is C=C(CN)C1(CC)COC1. The molecule has 1 heterocycles. The Morgan fingerprint density at radius 2 is 2.30 bits per heavy atom. The predicted octanol–water partition coefficient (Wildman–Crippen LogP) is 0.928. The average molecular weight is 141 g/mol. The van der Waals surface area contributed by atoms with Crippen LogP contribution >= 0.6 is 0 Å². The summed E-state index contributed by atoms with van der Waals surface area (Å²) in [4.78, 5) is 0. The van der Waals surface area contributed by atoms with Crippen molar-refractivity contribution in [3.05, 3.63) is 12.2 Å². The van der Waals surface area contributed by atoms with Crippen LogP contribution < -0.4 is 5.73 Å². The first kappa shape index (κ1) is 7.76. The lowest BCUT2D eigenvalue weighted by Crippen LogP contribution is -2.45. The van der Waals surface area contributed by atoms with Gasteiger partial charge in [-0.05, 0) is 6.42 Å². The lowest BCUT2D eigenvalue weighted by atomic mass is 9.76. The third-order valence-electron chi connectivity index (χ3n) is 2.43. The quantitative estimate of drug-likeness (QED) is 0.593. The van der Waals surface area contributed by atoms with Gasteiger partial charge in [-0.1, -0.05) is 19.1 Å². The first-order valence-electron chi connectivity index (χ1n) is 3.71. The van der Waals surface area contributed by atoms with Crippen LogP contribution in [0.4, 0.5) is 0 Å². The van der Waals surface area contributed by atoms with Crippen LogP contribution in [0.25, 0.3) is 0 Å². The van der Waals surface area contributed by atoms with E-state index < -0.39 is 0 Å². The van der Waals surface area contributed by atoms with E-state index in [9.17, 15) is 0 Å². The third-order valence-corrected chi connectivity index (χ3v) is 2.43. The molecule has 0 spiro atoms. The highest BCUT2D eigenvalue weighted by Gasteiger charge is 2.38. The maximum Gasteiger partial charge on any atom is 0.0582 e. The fourth-order valence-electron chi connectivity index (χ4n) is 1.22. The van der Waals surface area contributed by atoms with E-state index in [1.54, 1.807) is 0 Å². The molecule has 0 aromatic heterocycles. The first-order chi connectivity index (χ1) is 4.75. The summed E-state index contributed by atoms with van der Waals surface area (Å²) in [5.74, 6) is 0. The Morgan fingerprint density at radius 1 is 1.70 bits per heavy atom. The summed E-state index contributed by atoms with van der Waals surface area (Å²) in [6.07, 6.45) is 1.10. The van der Waals surface area contributed by atoms with Gasteiger partial charge in [-0.15, -0.1) is 0 Å². The predicted molar refractivity (Wildman–Crippen MR) is 41.7 cm³/mol. The topological polar surface area (TPSA) is 35.2 Å². The molecule has 1 rings (SSSR count). The van der Waals surface area contributed by atoms with Gasteiger partial charge < -0.3 is 10.5 Å². The standard InChI is InChI=1S/C8H15NO/c1-3-8(5-10-6-8)7(2)4-9/h2-6,9H2,1H3. The smallest absolute Gasteiger partial charge is 0.0582 e. The minimum absolute atomic E-state index is 0.231. The van der Waals surface area contributed by atoms with E-state index in [1.807, 2.05) is 0 Å². The van der Waals surface area contributed by atoms with Gasteiger partial charge in [0.15, 0.2) is 0 Å². The van der Waals surface area contributed by atoms with Crippen molar-refractivity contribution in [2.24, 2.45) is 11.1 Å². The van der Waals surface area contributed by atoms with Gasteiger partial charge in [0.1, 0.15) is 0 Å². The van der Waals surface area contributed by atoms with Gasteiger partial charge in [0, 0.05) is 12.0 Å². The number of hydrogen-bond donors (Lipinski definition) is 1. The molecule has 0 unspecified atom stereocenters. The monoisotopic (exact) mass is 141 g/mol. The van der Waals surface area contributed by atoms with Gasteiger partial charge in [0.2, 0.25) is 0 Å². The molecule has 2 nitrogen and oxygen atoms in total. The number of rotatable bonds is 3. The Labute approximate surface area is 62.1 Å². The molecule has 0 aliphatic carbocycles. The summed E-state index contributed by atoms with van der Waals surface area (Å²) in [5, 5.41) is 0. The van der Waals surface area contributed by atoms with Crippen LogP contribution in [0.15, 0.2) is 12.2 Å². The van der Waals surface area contributed by atoms with Gasteiger partial charge in [-0.3, -0.25) is 0 Å². The fraction of sp³-hybridized carbons (Fsp3) is 0.750. The van der Waals surface area contributed by atoms with Crippen LogP contribution in [0.3, 0.4) is 0 Å². The summed E-state index contributed by atoms with van der Waals surface area (Å²) in [6, 6.07) is 0. The van der Waals surface area contributed by atoms with Crippen molar-refractivity contribution in [3.63, 3.8) is 0 Å². The number of nitrogens with two attached hydrogens (primary N) is 1. The molecule has 1 saturated heterocycles. The van der Waals surface area contributed by atoms with Gasteiger partial charge >= 0.3 is 0 Å². The molecule has 0 atom stereocenters. The fourth-order valence-corrected chi connectivity index (χ4v) is 1.22. The first-order valence-corrected chi connectivity index (χ1v) is 3.71. The maximum absolute atomic E-state index is 5.49. The molecule has 0 amide bonds. The molecule has 0 aromatic rings. The van der Waals surface area contributed by atoms with Crippen molar-refractivity contribution in [3.8, 4) is 0 Å². The van der Waals surface area contributed by atoms with Crippen molar-refractivity contribution in [2.45, 2.75) is 13.3 Å². The van der Waals surface area contributed by atoms with Gasteiger partial charge in [0.05, 0.1) is 13.2 Å². The van der Waals surface area contributed by atoms with Gasteiger partial charge in [-0.2, -0.15) is 0 Å². The van der Waals surface area contributed by atoms with Crippen LogP contribution in [0.1, 0.15) is 13.3 Å². The van der Waals surface area contributed by atoms with Crippen LogP contribution in [0.2, 0.25) is 0 Å². The van der Waals surface area contributed by atoms with Gasteiger partial charge in [-0.25, -0.2) is 0 Å². The van der Waals surface area contributed by atoms with Crippen molar-refractivity contribution in [2.75, 3.05) is 19.8 Å². The highest BCUT2D eigenvalue weighted by atomic mass is 16.5. The zero-order chi connectivity index (χ0) is 7.61. The van der Waals surface area contributed by atoms with E-state index in [1.165, 1.54) is 0 Å². The number of hydrogen-bond acceptors (Lipinski definition) is 2. The van der Waals surface area contributed by atoms with E-state index >= 15 is 0 Å². The molecule has 1 aliphatic rings. The molecule has 2 heteroatoms. The zero-order valence-corrected chi connectivity index (χ0v) is 6.52.